The maximum absolute atomic E-state index is 13.6. The molecule has 1 heterocycles. The minimum absolute atomic E-state index is 0.319. The third-order valence-electron chi connectivity index (χ3n) is 1.86. The second-order valence-corrected chi connectivity index (χ2v) is 4.30. The summed E-state index contributed by atoms with van der Waals surface area (Å²) >= 11 is 2.05. The molecule has 1 aromatic carbocycles. The topological polar surface area (TPSA) is 27.1 Å². The van der Waals surface area contributed by atoms with Gasteiger partial charge in [-0.3, -0.25) is 0 Å². The molecule has 0 aliphatic carbocycles. The van der Waals surface area contributed by atoms with Crippen molar-refractivity contribution in [1.82, 2.24) is 9.19 Å². The van der Waals surface area contributed by atoms with Crippen LogP contribution in [0.2, 0.25) is 0 Å². The molecule has 0 aliphatic rings. The van der Waals surface area contributed by atoms with E-state index in [-0.39, 0.29) is 5.82 Å². The number of methoxy groups -OCH3 is 1. The molecule has 3 nitrogen and oxygen atoms in total. The fourth-order valence-electron chi connectivity index (χ4n) is 1.24. The molecule has 0 saturated carbocycles. The summed E-state index contributed by atoms with van der Waals surface area (Å²) in [5.41, 5.74) is 0.491. The minimum Gasteiger partial charge on any atom is -0.497 e. The van der Waals surface area contributed by atoms with Gasteiger partial charge in [0, 0.05) is 41.8 Å². The van der Waals surface area contributed by atoms with Crippen LogP contribution in [0.25, 0.3) is 10.9 Å². The monoisotopic (exact) mass is 324 g/mol. The van der Waals surface area contributed by atoms with Gasteiger partial charge in [0.2, 0.25) is 0 Å². The Morgan fingerprint density at radius 3 is 3.00 bits per heavy atom. The lowest BCUT2D eigenvalue weighted by Crippen LogP contribution is -1.89. The highest BCUT2D eigenvalue weighted by atomic mass is 127. The lowest BCUT2D eigenvalue weighted by molar-refractivity contribution is 0.412. The summed E-state index contributed by atoms with van der Waals surface area (Å²) in [6.07, 6.45) is 1.62. The molecular weight excluding hydrogens is 318 g/mol. The van der Waals surface area contributed by atoms with E-state index in [9.17, 15) is 4.39 Å². The van der Waals surface area contributed by atoms with E-state index in [1.165, 1.54) is 26.4 Å². The average Bonchev–Trinajstić information content (AvgIpc) is 2.61. The highest BCUT2D eigenvalue weighted by molar-refractivity contribution is 14.2. The van der Waals surface area contributed by atoms with Crippen molar-refractivity contribution in [2.45, 2.75) is 0 Å². The fraction of sp³-hybridized carbons (Fsp3) is 0.125. The summed E-state index contributed by atoms with van der Waals surface area (Å²) in [6, 6.07) is 3.11. The Labute approximate surface area is 96.3 Å². The van der Waals surface area contributed by atoms with Crippen molar-refractivity contribution in [3.8, 4) is 5.75 Å². The molecule has 0 atom stereocenters. The normalized spacial score (nSPS) is 10.8. The van der Waals surface area contributed by atoms with Gasteiger partial charge in [-0.1, -0.05) is 0 Å². The van der Waals surface area contributed by atoms with Crippen LogP contribution in [0.4, 0.5) is 4.39 Å². The van der Waals surface area contributed by atoms with E-state index < -0.39 is 0 Å². The van der Waals surface area contributed by atoms with Crippen molar-refractivity contribution in [2.24, 2.45) is 0 Å². The molecule has 1 aromatic heterocycles. The van der Waals surface area contributed by atoms with Gasteiger partial charge in [-0.25, -0.2) is 4.39 Å². The number of hydrogen-bond acceptors (Lipinski definition) is 3. The van der Waals surface area contributed by atoms with E-state index >= 15 is 0 Å². The number of hydrogen-bond donors (Lipinski definition) is 0. The van der Waals surface area contributed by atoms with Crippen molar-refractivity contribution < 1.29 is 9.13 Å². The van der Waals surface area contributed by atoms with E-state index in [1.807, 2.05) is 0 Å². The second kappa shape index (κ2) is 3.93. The molecule has 74 valence electrons. The lowest BCUT2D eigenvalue weighted by Gasteiger charge is -2.01. The summed E-state index contributed by atoms with van der Waals surface area (Å²) in [4.78, 5) is 0. The highest BCUT2D eigenvalue weighted by Gasteiger charge is 2.10. The fourth-order valence-corrected chi connectivity index (χ4v) is 2.48. The van der Waals surface area contributed by atoms with Gasteiger partial charge in [-0.05, 0) is 6.07 Å². The van der Waals surface area contributed by atoms with Crippen LogP contribution in [-0.2, 0) is 0 Å². The molecule has 0 bridgehead atoms. The molecule has 0 radical (unpaired) electrons. The van der Waals surface area contributed by atoms with Gasteiger partial charge in [-0.2, -0.15) is 9.19 Å². The Bertz CT molecular complexity index is 474. The van der Waals surface area contributed by atoms with Gasteiger partial charge in [0.05, 0.1) is 13.3 Å². The molecule has 0 amide bonds. The molecule has 6 heteroatoms. The second-order valence-electron chi connectivity index (χ2n) is 2.63. The number of halogens is 2. The van der Waals surface area contributed by atoms with Crippen LogP contribution in [0.5, 0.6) is 5.75 Å². The van der Waals surface area contributed by atoms with E-state index in [2.05, 4.69) is 26.3 Å². The molecule has 14 heavy (non-hydrogen) atoms. The number of ether oxygens (including phenoxy) is 1. The first-order valence-electron chi connectivity index (χ1n) is 3.76. The average molecular weight is 324 g/mol. The Balaban J connectivity index is 2.72. The summed E-state index contributed by atoms with van der Waals surface area (Å²) in [6.45, 7) is 0. The van der Waals surface area contributed by atoms with Crippen molar-refractivity contribution in [3.05, 3.63) is 24.1 Å². The highest BCUT2D eigenvalue weighted by Crippen LogP contribution is 2.28. The van der Waals surface area contributed by atoms with Gasteiger partial charge in [0.1, 0.15) is 11.3 Å². The Morgan fingerprint density at radius 2 is 2.36 bits per heavy atom. The number of nitrogens with zero attached hydrogens (tertiary/aromatic N) is 2. The van der Waals surface area contributed by atoms with Crippen LogP contribution in [0, 0.1) is 5.82 Å². The van der Waals surface area contributed by atoms with E-state index in [0.717, 1.165) is 5.39 Å². The maximum atomic E-state index is 13.6. The molecule has 2 rings (SSSR count). The van der Waals surface area contributed by atoms with Crippen molar-refractivity contribution in [3.63, 3.8) is 0 Å². The molecule has 0 spiro atoms. The van der Waals surface area contributed by atoms with E-state index in [4.69, 9.17) is 4.74 Å². The van der Waals surface area contributed by atoms with Crippen LogP contribution in [-0.4, -0.2) is 16.3 Å². The zero-order valence-corrected chi connectivity index (χ0v) is 10.2. The Hall–Kier alpha value is -0.500. The summed E-state index contributed by atoms with van der Waals surface area (Å²) in [7, 11) is 2.84. The Morgan fingerprint density at radius 1 is 1.57 bits per heavy atom. The summed E-state index contributed by atoms with van der Waals surface area (Å²) in [5.74, 6) is 0.189. The van der Waals surface area contributed by atoms with Gasteiger partial charge < -0.3 is 4.74 Å². The maximum Gasteiger partial charge on any atom is 0.153 e. The first-order valence-corrected chi connectivity index (χ1v) is 7.08. The first kappa shape index (κ1) is 10.0. The molecule has 0 saturated heterocycles. The lowest BCUT2D eigenvalue weighted by atomic mass is 10.2. The van der Waals surface area contributed by atoms with Crippen LogP contribution in [0.3, 0.4) is 0 Å². The minimum atomic E-state index is -0.319. The SMILES string of the molecule is COc1cc(F)c2c(cnn2SI)c1. The quantitative estimate of drug-likeness (QED) is 0.795. The molecule has 0 aliphatic heterocycles. The van der Waals surface area contributed by atoms with Crippen molar-refractivity contribution in [1.29, 1.82) is 0 Å². The van der Waals surface area contributed by atoms with Crippen molar-refractivity contribution >= 4 is 41.2 Å². The first-order chi connectivity index (χ1) is 6.76. The van der Waals surface area contributed by atoms with Crippen LogP contribution >= 0.6 is 30.3 Å². The standard InChI is InChI=1S/C8H6FIN2OS/c1-13-6-2-5-4-11-12(14-10)8(5)7(9)3-6/h2-4H,1H3. The van der Waals surface area contributed by atoms with Gasteiger partial charge in [-0.15, -0.1) is 0 Å². The third-order valence-corrected chi connectivity index (χ3v) is 3.39. The number of benzene rings is 1. The Kier molecular flexibility index (Phi) is 2.82. The predicted octanol–water partition coefficient (Wildman–Crippen LogP) is 3.03. The zero-order valence-electron chi connectivity index (χ0n) is 7.20. The van der Waals surface area contributed by atoms with Crippen LogP contribution in [0.15, 0.2) is 18.3 Å². The predicted molar refractivity (Wildman–Crippen MR) is 63.3 cm³/mol. The summed E-state index contributed by atoms with van der Waals surface area (Å²) in [5, 5.41) is 4.77. The molecule has 2 aromatic rings. The van der Waals surface area contributed by atoms with Gasteiger partial charge >= 0.3 is 0 Å². The number of fused-ring (bicyclic) bond motifs is 1. The van der Waals surface area contributed by atoms with Gasteiger partial charge in [0.15, 0.2) is 5.82 Å². The molecule has 0 N–H and O–H groups in total. The van der Waals surface area contributed by atoms with Gasteiger partial charge in [0.25, 0.3) is 0 Å². The molecular formula is C8H6FIN2OS. The number of aromatic nitrogens is 2. The molecule has 0 fully saturated rings. The van der Waals surface area contributed by atoms with E-state index in [0.29, 0.717) is 11.3 Å². The third kappa shape index (κ3) is 1.56. The smallest absolute Gasteiger partial charge is 0.153 e. The largest absolute Gasteiger partial charge is 0.497 e. The van der Waals surface area contributed by atoms with Crippen molar-refractivity contribution in [2.75, 3.05) is 7.11 Å². The number of rotatable bonds is 2. The molecule has 0 unspecified atom stereocenters. The van der Waals surface area contributed by atoms with Crippen LogP contribution < -0.4 is 4.74 Å². The zero-order chi connectivity index (χ0) is 10.1. The van der Waals surface area contributed by atoms with E-state index in [1.54, 1.807) is 12.3 Å². The summed E-state index contributed by atoms with van der Waals surface area (Å²) < 4.78 is 20.0. The van der Waals surface area contributed by atoms with Crippen LogP contribution in [0.1, 0.15) is 0 Å².